The van der Waals surface area contributed by atoms with E-state index >= 15 is 0 Å². The van der Waals surface area contributed by atoms with Crippen molar-refractivity contribution in [2.24, 2.45) is 0 Å². The van der Waals surface area contributed by atoms with Gasteiger partial charge in [-0.2, -0.15) is 0 Å². The molecule has 0 aromatic heterocycles. The number of anilines is 1. The number of hydrogen-bond donors (Lipinski definition) is 2. The van der Waals surface area contributed by atoms with Crippen molar-refractivity contribution < 1.29 is 19.2 Å². The second kappa shape index (κ2) is 8.13. The van der Waals surface area contributed by atoms with E-state index in [-0.39, 0.29) is 17.8 Å². The Labute approximate surface area is 160 Å². The van der Waals surface area contributed by atoms with Crippen molar-refractivity contribution >= 4 is 28.9 Å². The van der Waals surface area contributed by atoms with Crippen LogP contribution in [0.25, 0.3) is 0 Å². The Morgan fingerprint density at radius 1 is 1.26 bits per heavy atom. The summed E-state index contributed by atoms with van der Waals surface area (Å²) >= 11 is 6.24. The number of nitrogens with zero attached hydrogens (tertiary/aromatic N) is 1. The van der Waals surface area contributed by atoms with Crippen LogP contribution in [-0.4, -0.2) is 31.1 Å². The number of carbonyl (C=O) groups is 1. The molecule has 3 rings (SSSR count). The summed E-state index contributed by atoms with van der Waals surface area (Å²) in [5.74, 6) is 0.616. The summed E-state index contributed by atoms with van der Waals surface area (Å²) in [7, 11) is 1.58. The van der Waals surface area contributed by atoms with Crippen LogP contribution >= 0.6 is 11.6 Å². The Morgan fingerprint density at radius 2 is 2.04 bits per heavy atom. The number of nitrogens with one attached hydrogen (secondary N) is 2. The van der Waals surface area contributed by atoms with Gasteiger partial charge in [-0.15, -0.1) is 0 Å². The molecule has 0 fully saturated rings. The third-order valence-corrected chi connectivity index (χ3v) is 4.32. The van der Waals surface area contributed by atoms with Crippen molar-refractivity contribution in [2.75, 3.05) is 25.6 Å². The van der Waals surface area contributed by atoms with Crippen LogP contribution in [0.5, 0.6) is 11.5 Å². The van der Waals surface area contributed by atoms with Crippen molar-refractivity contribution in [1.29, 1.82) is 0 Å². The van der Waals surface area contributed by atoms with Gasteiger partial charge in [-0.3, -0.25) is 14.9 Å². The first-order valence-corrected chi connectivity index (χ1v) is 8.70. The maximum Gasteiger partial charge on any atom is 0.293 e. The van der Waals surface area contributed by atoms with Crippen LogP contribution < -0.4 is 20.1 Å². The Hall–Kier alpha value is -3.00. The molecule has 0 atom stereocenters. The van der Waals surface area contributed by atoms with Gasteiger partial charge < -0.3 is 20.1 Å². The molecular formula is C18H18ClN3O5. The molecule has 0 saturated carbocycles. The Balaban J connectivity index is 1.74. The van der Waals surface area contributed by atoms with Gasteiger partial charge in [0.15, 0.2) is 11.5 Å². The fourth-order valence-electron chi connectivity index (χ4n) is 2.71. The standard InChI is InChI=1S/C18H18ClN3O5/c1-20-14-4-3-12(9-15(14)22(24)25)18(23)21-10-11-7-13(19)17-16(8-11)26-5-2-6-27-17/h3-4,7-9,20H,2,5-6,10H2,1H3,(H,21,23). The lowest BCUT2D eigenvalue weighted by molar-refractivity contribution is -0.384. The summed E-state index contributed by atoms with van der Waals surface area (Å²) in [5, 5.41) is 17.0. The number of rotatable bonds is 5. The van der Waals surface area contributed by atoms with E-state index in [9.17, 15) is 14.9 Å². The topological polar surface area (TPSA) is 103 Å². The number of nitro groups is 1. The number of amides is 1. The normalized spacial score (nSPS) is 12.8. The second-order valence-electron chi connectivity index (χ2n) is 5.88. The van der Waals surface area contributed by atoms with Crippen LogP contribution in [-0.2, 0) is 6.54 Å². The molecule has 0 bridgehead atoms. The summed E-state index contributed by atoms with van der Waals surface area (Å²) in [6.07, 6.45) is 0.762. The smallest absolute Gasteiger partial charge is 0.293 e. The highest BCUT2D eigenvalue weighted by Crippen LogP contribution is 2.38. The zero-order valence-electron chi connectivity index (χ0n) is 14.6. The minimum absolute atomic E-state index is 0.163. The molecule has 0 saturated heterocycles. The zero-order chi connectivity index (χ0) is 19.4. The third-order valence-electron chi connectivity index (χ3n) is 4.04. The number of halogens is 1. The predicted molar refractivity (Wildman–Crippen MR) is 101 cm³/mol. The molecule has 27 heavy (non-hydrogen) atoms. The molecule has 8 nitrogen and oxygen atoms in total. The highest BCUT2D eigenvalue weighted by molar-refractivity contribution is 6.32. The van der Waals surface area contributed by atoms with Gasteiger partial charge >= 0.3 is 0 Å². The lowest BCUT2D eigenvalue weighted by Crippen LogP contribution is -2.23. The van der Waals surface area contributed by atoms with Gasteiger partial charge in [0, 0.05) is 31.6 Å². The highest BCUT2D eigenvalue weighted by atomic mass is 35.5. The number of hydrogen-bond acceptors (Lipinski definition) is 6. The minimum Gasteiger partial charge on any atom is -0.489 e. The van der Waals surface area contributed by atoms with Gasteiger partial charge in [-0.25, -0.2) is 0 Å². The van der Waals surface area contributed by atoms with E-state index in [2.05, 4.69) is 10.6 Å². The molecular weight excluding hydrogens is 374 g/mol. The summed E-state index contributed by atoms with van der Waals surface area (Å²) in [4.78, 5) is 23.0. The average molecular weight is 392 g/mol. The fourth-order valence-corrected chi connectivity index (χ4v) is 2.99. The van der Waals surface area contributed by atoms with E-state index in [1.807, 2.05) is 0 Å². The highest BCUT2D eigenvalue weighted by Gasteiger charge is 2.18. The molecule has 142 valence electrons. The van der Waals surface area contributed by atoms with Crippen LogP contribution in [0.2, 0.25) is 5.02 Å². The fraction of sp³-hybridized carbons (Fsp3) is 0.278. The first-order valence-electron chi connectivity index (χ1n) is 8.32. The molecule has 0 spiro atoms. The van der Waals surface area contributed by atoms with Gasteiger partial charge in [0.1, 0.15) is 5.69 Å². The van der Waals surface area contributed by atoms with Crippen molar-refractivity contribution in [3.63, 3.8) is 0 Å². The molecule has 0 aliphatic carbocycles. The first kappa shape index (κ1) is 18.8. The van der Waals surface area contributed by atoms with Crippen molar-refractivity contribution in [1.82, 2.24) is 5.32 Å². The summed E-state index contributed by atoms with van der Waals surface area (Å²) in [6, 6.07) is 7.72. The minimum atomic E-state index is -0.536. The Morgan fingerprint density at radius 3 is 2.78 bits per heavy atom. The van der Waals surface area contributed by atoms with Crippen LogP contribution in [0.4, 0.5) is 11.4 Å². The zero-order valence-corrected chi connectivity index (χ0v) is 15.3. The first-order chi connectivity index (χ1) is 13.0. The molecule has 9 heteroatoms. The van der Waals surface area contributed by atoms with Crippen molar-refractivity contribution in [2.45, 2.75) is 13.0 Å². The molecule has 2 aromatic carbocycles. The van der Waals surface area contributed by atoms with E-state index in [0.717, 1.165) is 12.0 Å². The molecule has 1 amide bonds. The molecule has 0 radical (unpaired) electrons. The molecule has 2 aromatic rings. The van der Waals surface area contributed by atoms with Crippen molar-refractivity contribution in [3.8, 4) is 11.5 Å². The van der Waals surface area contributed by atoms with Gasteiger partial charge in [-0.05, 0) is 29.8 Å². The van der Waals surface area contributed by atoms with Gasteiger partial charge in [0.2, 0.25) is 0 Å². The Bertz CT molecular complexity index is 888. The lowest BCUT2D eigenvalue weighted by atomic mass is 10.1. The maximum absolute atomic E-state index is 12.4. The van der Waals surface area contributed by atoms with E-state index < -0.39 is 10.8 Å². The summed E-state index contributed by atoms with van der Waals surface area (Å²) < 4.78 is 11.2. The van der Waals surface area contributed by atoms with E-state index in [4.69, 9.17) is 21.1 Å². The number of fused-ring (bicyclic) bond motifs is 1. The van der Waals surface area contributed by atoms with Gasteiger partial charge in [0.25, 0.3) is 11.6 Å². The number of carbonyl (C=O) groups excluding carboxylic acids is 1. The van der Waals surface area contributed by atoms with Gasteiger partial charge in [-0.1, -0.05) is 11.6 Å². The number of nitro benzene ring substituents is 1. The van der Waals surface area contributed by atoms with Gasteiger partial charge in [0.05, 0.1) is 23.2 Å². The van der Waals surface area contributed by atoms with Crippen LogP contribution in [0, 0.1) is 10.1 Å². The largest absolute Gasteiger partial charge is 0.489 e. The van der Waals surface area contributed by atoms with E-state index in [1.165, 1.54) is 18.2 Å². The van der Waals surface area contributed by atoms with Crippen molar-refractivity contribution in [3.05, 3.63) is 56.6 Å². The number of benzene rings is 2. The molecule has 1 heterocycles. The quantitative estimate of drug-likeness (QED) is 0.598. The maximum atomic E-state index is 12.4. The van der Waals surface area contributed by atoms with Crippen LogP contribution in [0.3, 0.4) is 0 Å². The Kier molecular flexibility index (Phi) is 5.66. The number of ether oxygens (including phenoxy) is 2. The monoisotopic (exact) mass is 391 g/mol. The summed E-state index contributed by atoms with van der Waals surface area (Å²) in [5.41, 5.74) is 1.11. The molecule has 0 unspecified atom stereocenters. The predicted octanol–water partition coefficient (Wildman–Crippen LogP) is 3.38. The second-order valence-corrected chi connectivity index (χ2v) is 6.28. The van der Waals surface area contributed by atoms with E-state index in [0.29, 0.717) is 35.4 Å². The molecule has 1 aliphatic rings. The summed E-state index contributed by atoms with van der Waals surface area (Å²) in [6.45, 7) is 1.25. The SMILES string of the molecule is CNc1ccc(C(=O)NCc2cc(Cl)c3c(c2)OCCCO3)cc1[N+](=O)[O-]. The van der Waals surface area contributed by atoms with Crippen LogP contribution in [0.15, 0.2) is 30.3 Å². The molecule has 1 aliphatic heterocycles. The van der Waals surface area contributed by atoms with E-state index in [1.54, 1.807) is 19.2 Å². The van der Waals surface area contributed by atoms with Crippen LogP contribution in [0.1, 0.15) is 22.3 Å². The molecule has 2 N–H and O–H groups in total. The lowest BCUT2D eigenvalue weighted by Gasteiger charge is -2.12. The third kappa shape index (κ3) is 4.22. The average Bonchev–Trinajstić information content (AvgIpc) is 2.91.